The largest absolute Gasteiger partial charge is 0.467 e. The lowest BCUT2D eigenvalue weighted by Crippen LogP contribution is -2.30. The first kappa shape index (κ1) is 17.5. The molecule has 1 amide bonds. The number of nitrogens with zero attached hydrogens (tertiary/aromatic N) is 2. The van der Waals surface area contributed by atoms with Crippen LogP contribution >= 0.6 is 0 Å². The lowest BCUT2D eigenvalue weighted by Gasteiger charge is -2.14. The summed E-state index contributed by atoms with van der Waals surface area (Å²) < 4.78 is 7.22. The maximum absolute atomic E-state index is 12.7. The molecule has 132 valence electrons. The van der Waals surface area contributed by atoms with Gasteiger partial charge in [0.1, 0.15) is 11.8 Å². The second kappa shape index (κ2) is 7.30. The van der Waals surface area contributed by atoms with Crippen molar-refractivity contribution in [1.82, 2.24) is 9.88 Å². The van der Waals surface area contributed by atoms with Crippen molar-refractivity contribution in [2.45, 2.75) is 19.9 Å². The number of nitriles is 1. The lowest BCUT2D eigenvalue weighted by molar-refractivity contribution is 0.0906. The van der Waals surface area contributed by atoms with Gasteiger partial charge in [0.2, 0.25) is 0 Å². The molecule has 2 heterocycles. The van der Waals surface area contributed by atoms with Crippen molar-refractivity contribution in [2.24, 2.45) is 0 Å². The van der Waals surface area contributed by atoms with Gasteiger partial charge >= 0.3 is 0 Å². The van der Waals surface area contributed by atoms with Gasteiger partial charge in [-0.05, 0) is 56.3 Å². The number of hydrogen-bond acceptors (Lipinski definition) is 4. The zero-order valence-corrected chi connectivity index (χ0v) is 14.6. The predicted molar refractivity (Wildman–Crippen MR) is 96.0 cm³/mol. The minimum absolute atomic E-state index is 0.256. The number of furan rings is 1. The number of aliphatic hydroxyl groups is 1. The molecule has 2 aromatic heterocycles. The van der Waals surface area contributed by atoms with E-state index in [1.54, 1.807) is 30.3 Å². The summed E-state index contributed by atoms with van der Waals surface area (Å²) in [7, 11) is 0. The molecule has 3 rings (SSSR count). The maximum Gasteiger partial charge on any atom is 0.253 e. The van der Waals surface area contributed by atoms with E-state index in [-0.39, 0.29) is 12.5 Å². The molecule has 0 bridgehead atoms. The van der Waals surface area contributed by atoms with Crippen LogP contribution in [-0.2, 0) is 0 Å². The van der Waals surface area contributed by atoms with E-state index < -0.39 is 6.04 Å². The fourth-order valence-corrected chi connectivity index (χ4v) is 3.01. The topological polar surface area (TPSA) is 91.2 Å². The quantitative estimate of drug-likeness (QED) is 0.741. The van der Waals surface area contributed by atoms with Crippen LogP contribution in [0.25, 0.3) is 5.69 Å². The van der Waals surface area contributed by atoms with Gasteiger partial charge in [0.15, 0.2) is 0 Å². The van der Waals surface area contributed by atoms with Gasteiger partial charge in [-0.1, -0.05) is 0 Å². The van der Waals surface area contributed by atoms with Crippen molar-refractivity contribution in [3.05, 3.63) is 77.0 Å². The molecule has 3 aromatic rings. The molecule has 1 aromatic carbocycles. The average molecular weight is 349 g/mol. The van der Waals surface area contributed by atoms with Gasteiger partial charge in [-0.3, -0.25) is 4.79 Å². The van der Waals surface area contributed by atoms with Crippen molar-refractivity contribution in [3.63, 3.8) is 0 Å². The Morgan fingerprint density at radius 1 is 1.31 bits per heavy atom. The van der Waals surface area contributed by atoms with Gasteiger partial charge in [0.05, 0.1) is 30.1 Å². The molecule has 26 heavy (non-hydrogen) atoms. The van der Waals surface area contributed by atoms with Crippen LogP contribution in [0.4, 0.5) is 0 Å². The molecule has 1 unspecified atom stereocenters. The normalized spacial score (nSPS) is 11.8. The third kappa shape index (κ3) is 3.25. The van der Waals surface area contributed by atoms with E-state index in [1.807, 2.05) is 30.5 Å². The van der Waals surface area contributed by atoms with E-state index in [0.717, 1.165) is 17.1 Å². The third-order valence-electron chi connectivity index (χ3n) is 4.30. The summed E-state index contributed by atoms with van der Waals surface area (Å²) in [6, 6.07) is 13.9. The predicted octanol–water partition coefficient (Wildman–Crippen LogP) is 3.02. The first-order valence-electron chi connectivity index (χ1n) is 8.19. The highest BCUT2D eigenvalue weighted by Gasteiger charge is 2.21. The minimum Gasteiger partial charge on any atom is -0.467 e. The summed E-state index contributed by atoms with van der Waals surface area (Å²) in [5.74, 6) is 0.218. The van der Waals surface area contributed by atoms with E-state index >= 15 is 0 Å². The van der Waals surface area contributed by atoms with Crippen LogP contribution in [0.2, 0.25) is 0 Å². The van der Waals surface area contributed by atoms with Crippen LogP contribution in [-0.4, -0.2) is 22.2 Å². The zero-order chi connectivity index (χ0) is 18.7. The van der Waals surface area contributed by atoms with Crippen molar-refractivity contribution < 1.29 is 14.3 Å². The van der Waals surface area contributed by atoms with Crippen LogP contribution in [0.15, 0.2) is 53.1 Å². The van der Waals surface area contributed by atoms with Gasteiger partial charge in [-0.25, -0.2) is 0 Å². The Hall–Kier alpha value is -3.30. The minimum atomic E-state index is -0.601. The van der Waals surface area contributed by atoms with Gasteiger partial charge in [0.25, 0.3) is 5.91 Å². The number of amides is 1. The monoisotopic (exact) mass is 349 g/mol. The first-order valence-corrected chi connectivity index (χ1v) is 8.19. The fourth-order valence-electron chi connectivity index (χ4n) is 3.01. The Balaban J connectivity index is 1.89. The zero-order valence-electron chi connectivity index (χ0n) is 14.6. The molecule has 0 aliphatic carbocycles. The van der Waals surface area contributed by atoms with Gasteiger partial charge < -0.3 is 19.4 Å². The number of hydrogen-bond donors (Lipinski definition) is 2. The molecule has 6 heteroatoms. The van der Waals surface area contributed by atoms with Crippen molar-refractivity contribution in [3.8, 4) is 11.8 Å². The molecule has 1 atom stereocenters. The standard InChI is InChI=1S/C20H19N3O3/c1-13-10-17(20(25)22-18(12-24)19-4-3-9-26-19)14(2)23(13)16-7-5-15(11-21)6-8-16/h3-10,18,24H,12H2,1-2H3,(H,22,25). The van der Waals surface area contributed by atoms with Gasteiger partial charge in [-0.2, -0.15) is 5.26 Å². The Morgan fingerprint density at radius 3 is 2.62 bits per heavy atom. The summed E-state index contributed by atoms with van der Waals surface area (Å²) in [4.78, 5) is 12.7. The average Bonchev–Trinajstić information content (AvgIpc) is 3.28. The Morgan fingerprint density at radius 2 is 2.04 bits per heavy atom. The number of aromatic nitrogens is 1. The number of benzene rings is 1. The van der Waals surface area contributed by atoms with Crippen molar-refractivity contribution in [2.75, 3.05) is 6.61 Å². The van der Waals surface area contributed by atoms with Crippen LogP contribution in [0.3, 0.4) is 0 Å². The highest BCUT2D eigenvalue weighted by atomic mass is 16.3. The molecule has 0 fully saturated rings. The molecule has 0 saturated heterocycles. The molecule has 6 nitrogen and oxygen atoms in total. The maximum atomic E-state index is 12.7. The van der Waals surface area contributed by atoms with Crippen LogP contribution in [0.5, 0.6) is 0 Å². The molecular weight excluding hydrogens is 330 g/mol. The molecule has 0 aliphatic heterocycles. The van der Waals surface area contributed by atoms with Crippen LogP contribution in [0.1, 0.15) is 39.1 Å². The second-order valence-corrected chi connectivity index (χ2v) is 6.00. The highest BCUT2D eigenvalue weighted by molar-refractivity contribution is 5.96. The summed E-state index contributed by atoms with van der Waals surface area (Å²) in [5.41, 5.74) is 3.66. The Bertz CT molecular complexity index is 948. The summed E-state index contributed by atoms with van der Waals surface area (Å²) in [5, 5.41) is 21.3. The third-order valence-corrected chi connectivity index (χ3v) is 4.30. The van der Waals surface area contributed by atoms with E-state index in [0.29, 0.717) is 16.9 Å². The van der Waals surface area contributed by atoms with E-state index in [1.165, 1.54) is 6.26 Å². The number of aryl methyl sites for hydroxylation is 1. The van der Waals surface area contributed by atoms with Gasteiger partial charge in [-0.15, -0.1) is 0 Å². The van der Waals surface area contributed by atoms with E-state index in [9.17, 15) is 9.90 Å². The highest BCUT2D eigenvalue weighted by Crippen LogP contribution is 2.22. The van der Waals surface area contributed by atoms with Gasteiger partial charge in [0, 0.05) is 17.1 Å². The number of rotatable bonds is 5. The molecule has 0 radical (unpaired) electrons. The van der Waals surface area contributed by atoms with E-state index in [4.69, 9.17) is 9.68 Å². The first-order chi connectivity index (χ1) is 12.5. The van der Waals surface area contributed by atoms with Crippen molar-refractivity contribution in [1.29, 1.82) is 5.26 Å². The molecular formula is C20H19N3O3. The number of aliphatic hydroxyl groups excluding tert-OH is 1. The molecule has 0 saturated carbocycles. The summed E-state index contributed by atoms with van der Waals surface area (Å²) in [6.07, 6.45) is 1.50. The Kier molecular flexibility index (Phi) is 4.92. The number of carbonyl (C=O) groups excluding carboxylic acids is 1. The Labute approximate surface area is 151 Å². The molecule has 0 aliphatic rings. The molecule has 0 spiro atoms. The summed E-state index contributed by atoms with van der Waals surface area (Å²) in [6.45, 7) is 3.52. The summed E-state index contributed by atoms with van der Waals surface area (Å²) >= 11 is 0. The van der Waals surface area contributed by atoms with Crippen LogP contribution < -0.4 is 5.32 Å². The smallest absolute Gasteiger partial charge is 0.253 e. The SMILES string of the molecule is Cc1cc(C(=O)NC(CO)c2ccco2)c(C)n1-c1ccc(C#N)cc1. The van der Waals surface area contributed by atoms with Crippen molar-refractivity contribution >= 4 is 5.91 Å². The lowest BCUT2D eigenvalue weighted by atomic mass is 10.2. The molecule has 2 N–H and O–H groups in total. The fraction of sp³-hybridized carbons (Fsp3) is 0.200. The van der Waals surface area contributed by atoms with E-state index in [2.05, 4.69) is 11.4 Å². The second-order valence-electron chi connectivity index (χ2n) is 6.00. The number of carbonyl (C=O) groups is 1. The van der Waals surface area contributed by atoms with Crippen LogP contribution in [0, 0.1) is 25.2 Å². The number of nitrogens with one attached hydrogen (secondary N) is 1.